The van der Waals surface area contributed by atoms with Gasteiger partial charge in [-0.15, -0.1) is 0 Å². The van der Waals surface area contributed by atoms with Crippen LogP contribution in [0.4, 0.5) is 18.0 Å². The molecule has 0 unspecified atom stereocenters. The number of alkyl halides is 3. The maximum Gasteiger partial charge on any atom is 0.422 e. The van der Waals surface area contributed by atoms with Crippen molar-refractivity contribution >= 4 is 23.3 Å². The summed E-state index contributed by atoms with van der Waals surface area (Å²) in [5.41, 5.74) is 0.933. The summed E-state index contributed by atoms with van der Waals surface area (Å²) in [7, 11) is 0. The fraction of sp³-hybridized carbons (Fsp3) is 0.538. The molecule has 1 aliphatic heterocycles. The second-order valence-electron chi connectivity index (χ2n) is 4.87. The highest BCUT2D eigenvalue weighted by Gasteiger charge is 2.37. The van der Waals surface area contributed by atoms with E-state index in [1.54, 1.807) is 0 Å². The molecule has 1 saturated heterocycles. The van der Waals surface area contributed by atoms with Crippen molar-refractivity contribution in [2.75, 3.05) is 13.2 Å². The van der Waals surface area contributed by atoms with Gasteiger partial charge in [-0.05, 0) is 35.2 Å². The van der Waals surface area contributed by atoms with Gasteiger partial charge < -0.3 is 10.1 Å². The van der Waals surface area contributed by atoms with Gasteiger partial charge in [0.1, 0.15) is 6.04 Å². The summed E-state index contributed by atoms with van der Waals surface area (Å²) in [6.07, 6.45) is -4.72. The molecule has 1 aromatic heterocycles. The Labute approximate surface area is 129 Å². The average Bonchev–Trinajstić information content (AvgIpc) is 3.12. The number of hydrogen-bond donors (Lipinski definition) is 1. The number of nitrogens with one attached hydrogen (secondary N) is 1. The minimum absolute atomic E-state index is 0.216. The molecule has 9 heteroatoms. The first-order valence-electron chi connectivity index (χ1n) is 6.66. The Bertz CT molecular complexity index is 519. The molecule has 1 fully saturated rings. The van der Waals surface area contributed by atoms with Crippen LogP contribution in [0.2, 0.25) is 0 Å². The van der Waals surface area contributed by atoms with Crippen molar-refractivity contribution in [3.05, 3.63) is 22.4 Å². The van der Waals surface area contributed by atoms with Crippen LogP contribution >= 0.6 is 11.3 Å². The van der Waals surface area contributed by atoms with E-state index in [0.29, 0.717) is 19.4 Å². The number of halogens is 3. The summed E-state index contributed by atoms with van der Waals surface area (Å²) in [5, 5.41) is 6.43. The van der Waals surface area contributed by atoms with Crippen LogP contribution in [0.3, 0.4) is 0 Å². The number of likely N-dealkylation sites (tertiary alicyclic amines) is 1. The molecule has 1 atom stereocenters. The predicted molar refractivity (Wildman–Crippen MR) is 73.3 cm³/mol. The maximum absolute atomic E-state index is 12.1. The van der Waals surface area contributed by atoms with Gasteiger partial charge in [0.25, 0.3) is 0 Å². The zero-order valence-corrected chi connectivity index (χ0v) is 12.4. The normalized spacial score (nSPS) is 18.3. The summed E-state index contributed by atoms with van der Waals surface area (Å²) in [6, 6.07) is 1.08. The maximum atomic E-state index is 12.1. The van der Waals surface area contributed by atoms with Gasteiger partial charge in [0.2, 0.25) is 5.91 Å². The lowest BCUT2D eigenvalue weighted by atomic mass is 10.2. The molecule has 2 amide bonds. The quantitative estimate of drug-likeness (QED) is 0.919. The van der Waals surface area contributed by atoms with Gasteiger partial charge in [-0.1, -0.05) is 0 Å². The van der Waals surface area contributed by atoms with E-state index in [0.717, 1.165) is 10.5 Å². The highest BCUT2D eigenvalue weighted by atomic mass is 32.1. The molecule has 1 aromatic rings. The van der Waals surface area contributed by atoms with E-state index in [1.807, 2.05) is 16.8 Å². The third-order valence-corrected chi connectivity index (χ3v) is 3.93. The fourth-order valence-electron chi connectivity index (χ4n) is 2.18. The van der Waals surface area contributed by atoms with Crippen molar-refractivity contribution < 1.29 is 27.5 Å². The summed E-state index contributed by atoms with van der Waals surface area (Å²) >= 11 is 1.50. The highest BCUT2D eigenvalue weighted by molar-refractivity contribution is 7.07. The van der Waals surface area contributed by atoms with Crippen molar-refractivity contribution in [3.63, 3.8) is 0 Å². The first-order valence-corrected chi connectivity index (χ1v) is 7.60. The molecule has 2 rings (SSSR count). The number of amides is 2. The molecule has 5 nitrogen and oxygen atoms in total. The number of rotatable bonds is 4. The van der Waals surface area contributed by atoms with Crippen LogP contribution in [-0.2, 0) is 16.1 Å². The largest absolute Gasteiger partial charge is 0.440 e. The monoisotopic (exact) mass is 336 g/mol. The Morgan fingerprint density at radius 2 is 2.23 bits per heavy atom. The van der Waals surface area contributed by atoms with Crippen molar-refractivity contribution in [2.45, 2.75) is 31.6 Å². The van der Waals surface area contributed by atoms with Crippen LogP contribution in [0.15, 0.2) is 16.8 Å². The van der Waals surface area contributed by atoms with Gasteiger partial charge in [-0.2, -0.15) is 24.5 Å². The molecule has 22 heavy (non-hydrogen) atoms. The van der Waals surface area contributed by atoms with Crippen LogP contribution in [0.1, 0.15) is 18.4 Å². The van der Waals surface area contributed by atoms with Gasteiger partial charge in [-0.3, -0.25) is 9.69 Å². The second-order valence-corrected chi connectivity index (χ2v) is 5.65. The first kappa shape index (κ1) is 16.6. The van der Waals surface area contributed by atoms with Crippen molar-refractivity contribution in [1.29, 1.82) is 0 Å². The van der Waals surface area contributed by atoms with Crippen molar-refractivity contribution in [3.8, 4) is 0 Å². The molecular weight excluding hydrogens is 321 g/mol. The second kappa shape index (κ2) is 6.99. The van der Waals surface area contributed by atoms with E-state index >= 15 is 0 Å². The molecule has 0 aliphatic carbocycles. The van der Waals surface area contributed by atoms with E-state index < -0.39 is 24.9 Å². The van der Waals surface area contributed by atoms with E-state index in [1.165, 1.54) is 11.3 Å². The van der Waals surface area contributed by atoms with Crippen LogP contribution in [0, 0.1) is 0 Å². The third-order valence-electron chi connectivity index (χ3n) is 3.20. The molecule has 0 radical (unpaired) electrons. The first-order chi connectivity index (χ1) is 10.4. The third kappa shape index (κ3) is 4.62. The number of nitrogens with zero attached hydrogens (tertiary/aromatic N) is 1. The molecule has 0 spiro atoms. The van der Waals surface area contributed by atoms with Crippen molar-refractivity contribution in [2.24, 2.45) is 0 Å². The Morgan fingerprint density at radius 1 is 1.45 bits per heavy atom. The van der Waals surface area contributed by atoms with Crippen LogP contribution < -0.4 is 5.32 Å². The minimum Gasteiger partial charge on any atom is -0.440 e. The molecule has 0 saturated carbocycles. The van der Waals surface area contributed by atoms with Gasteiger partial charge >= 0.3 is 12.3 Å². The number of carbonyl (C=O) groups is 2. The van der Waals surface area contributed by atoms with E-state index in [-0.39, 0.29) is 12.5 Å². The summed E-state index contributed by atoms with van der Waals surface area (Å²) in [6.45, 7) is -1.11. The SMILES string of the molecule is O=C(NCc1ccsc1)[C@@H]1CCCN1C(=O)OCC(F)(F)F. The number of carbonyl (C=O) groups excluding carboxylic acids is 2. The van der Waals surface area contributed by atoms with Crippen LogP contribution in [-0.4, -0.2) is 42.3 Å². The topological polar surface area (TPSA) is 58.6 Å². The van der Waals surface area contributed by atoms with E-state index in [2.05, 4.69) is 10.1 Å². The van der Waals surface area contributed by atoms with Crippen LogP contribution in [0.5, 0.6) is 0 Å². The molecule has 0 aromatic carbocycles. The molecule has 0 bridgehead atoms. The van der Waals surface area contributed by atoms with Crippen molar-refractivity contribution in [1.82, 2.24) is 10.2 Å². The number of ether oxygens (including phenoxy) is 1. The lowest BCUT2D eigenvalue weighted by molar-refractivity contribution is -0.162. The molecule has 1 aliphatic rings. The predicted octanol–water partition coefficient (Wildman–Crippen LogP) is 2.53. The molecule has 122 valence electrons. The van der Waals surface area contributed by atoms with E-state index in [9.17, 15) is 22.8 Å². The highest BCUT2D eigenvalue weighted by Crippen LogP contribution is 2.21. The Kier molecular flexibility index (Phi) is 5.28. The standard InChI is InChI=1S/C13H15F3N2O3S/c14-13(15,16)8-21-12(20)18-4-1-2-10(18)11(19)17-6-9-3-5-22-7-9/h3,5,7,10H,1-2,4,6,8H2,(H,17,19)/t10-/m0/s1. The Hall–Kier alpha value is -1.77. The van der Waals surface area contributed by atoms with Gasteiger partial charge in [0.05, 0.1) is 0 Å². The van der Waals surface area contributed by atoms with Gasteiger partial charge in [0.15, 0.2) is 6.61 Å². The minimum atomic E-state index is -4.58. The average molecular weight is 336 g/mol. The summed E-state index contributed by atoms with van der Waals surface area (Å²) in [5.74, 6) is -0.382. The lowest BCUT2D eigenvalue weighted by Gasteiger charge is -2.23. The zero-order chi connectivity index (χ0) is 16.2. The van der Waals surface area contributed by atoms with Gasteiger partial charge in [0, 0.05) is 13.1 Å². The molecular formula is C13H15F3N2O3S. The molecule has 1 N–H and O–H groups in total. The Morgan fingerprint density at radius 3 is 2.86 bits per heavy atom. The van der Waals surface area contributed by atoms with Crippen LogP contribution in [0.25, 0.3) is 0 Å². The summed E-state index contributed by atoms with van der Waals surface area (Å²) < 4.78 is 40.4. The fourth-order valence-corrected chi connectivity index (χ4v) is 2.85. The molecule has 2 heterocycles. The zero-order valence-electron chi connectivity index (χ0n) is 11.6. The van der Waals surface area contributed by atoms with Gasteiger partial charge in [-0.25, -0.2) is 4.79 Å². The smallest absolute Gasteiger partial charge is 0.422 e. The number of thiophene rings is 1. The number of hydrogen-bond acceptors (Lipinski definition) is 4. The summed E-state index contributed by atoms with van der Waals surface area (Å²) in [4.78, 5) is 24.8. The van der Waals surface area contributed by atoms with E-state index in [4.69, 9.17) is 0 Å². The Balaban J connectivity index is 1.86. The lowest BCUT2D eigenvalue weighted by Crippen LogP contribution is -2.46.